The zero-order valence-electron chi connectivity index (χ0n) is 15.6. The Kier molecular flexibility index (Phi) is 7.30. The number of sulfonamides is 1. The summed E-state index contributed by atoms with van der Waals surface area (Å²) in [6.45, 7) is 3.89. The molecule has 10 heteroatoms. The molecule has 152 valence electrons. The van der Waals surface area contributed by atoms with E-state index in [1.54, 1.807) is 19.9 Å². The van der Waals surface area contributed by atoms with Gasteiger partial charge in [0.2, 0.25) is 10.0 Å². The Balaban J connectivity index is 2.01. The van der Waals surface area contributed by atoms with Crippen LogP contribution in [0.3, 0.4) is 0 Å². The molecule has 0 aliphatic rings. The number of nitrogens with zero attached hydrogens (tertiary/aromatic N) is 1. The minimum atomic E-state index is -4.04. The first-order valence-corrected chi connectivity index (χ1v) is 10.1. The lowest BCUT2D eigenvalue weighted by molar-refractivity contribution is 0.0910. The summed E-state index contributed by atoms with van der Waals surface area (Å²) in [6.07, 6.45) is 1.37. The van der Waals surface area contributed by atoms with E-state index in [1.165, 1.54) is 18.4 Å². The van der Waals surface area contributed by atoms with Crippen molar-refractivity contribution in [1.82, 2.24) is 14.9 Å². The molecule has 0 aliphatic carbocycles. The fraction of sp³-hybridized carbons (Fsp3) is 0.333. The van der Waals surface area contributed by atoms with E-state index in [1.807, 2.05) is 0 Å². The second kappa shape index (κ2) is 9.47. The molecule has 2 N–H and O–H groups in total. The van der Waals surface area contributed by atoms with Gasteiger partial charge in [-0.1, -0.05) is 13.8 Å². The van der Waals surface area contributed by atoms with Crippen molar-refractivity contribution in [2.75, 3.05) is 26.2 Å². The molecule has 0 spiro atoms. The van der Waals surface area contributed by atoms with Gasteiger partial charge < -0.3 is 15.1 Å². The third kappa shape index (κ3) is 4.96. The Morgan fingerprint density at radius 3 is 2.29 bits per heavy atom. The number of furan rings is 1. The highest BCUT2D eigenvalue weighted by molar-refractivity contribution is 7.89. The predicted molar refractivity (Wildman–Crippen MR) is 99.9 cm³/mol. The molecule has 0 saturated carbocycles. The number of benzene rings is 1. The van der Waals surface area contributed by atoms with E-state index in [-0.39, 0.29) is 37.5 Å². The molecule has 1 aromatic carbocycles. The first-order valence-electron chi connectivity index (χ1n) is 8.70. The first kappa shape index (κ1) is 21.6. The number of amides is 2. The first-order chi connectivity index (χ1) is 13.3. The normalized spacial score (nSPS) is 11.4. The minimum absolute atomic E-state index is 0.00416. The summed E-state index contributed by atoms with van der Waals surface area (Å²) in [4.78, 5) is 23.4. The van der Waals surface area contributed by atoms with Gasteiger partial charge >= 0.3 is 0 Å². The standard InChI is InChI=1S/C18H22FN3O5S/c1-3-22(4-2)28(25,26)16-12-13(7-8-14(16)19)17(23)20-9-10-21-18(24)15-6-5-11-27-15/h5-8,11-12H,3-4,9-10H2,1-2H3,(H,20,23)(H,21,24). The van der Waals surface area contributed by atoms with Crippen LogP contribution in [0.25, 0.3) is 0 Å². The fourth-order valence-corrected chi connectivity index (χ4v) is 4.04. The highest BCUT2D eigenvalue weighted by atomic mass is 32.2. The lowest BCUT2D eigenvalue weighted by Gasteiger charge is -2.19. The molecule has 0 saturated heterocycles. The second-order valence-electron chi connectivity index (χ2n) is 5.72. The number of carbonyl (C=O) groups is 2. The lowest BCUT2D eigenvalue weighted by Crippen LogP contribution is -2.35. The van der Waals surface area contributed by atoms with E-state index in [9.17, 15) is 22.4 Å². The maximum Gasteiger partial charge on any atom is 0.287 e. The van der Waals surface area contributed by atoms with Crippen LogP contribution in [0.15, 0.2) is 45.9 Å². The molecule has 1 heterocycles. The Morgan fingerprint density at radius 1 is 1.07 bits per heavy atom. The van der Waals surface area contributed by atoms with Crippen LogP contribution in [0, 0.1) is 5.82 Å². The van der Waals surface area contributed by atoms with Crippen molar-refractivity contribution in [2.45, 2.75) is 18.7 Å². The van der Waals surface area contributed by atoms with Crippen molar-refractivity contribution in [3.63, 3.8) is 0 Å². The van der Waals surface area contributed by atoms with Gasteiger partial charge in [-0.25, -0.2) is 12.8 Å². The van der Waals surface area contributed by atoms with Crippen molar-refractivity contribution in [1.29, 1.82) is 0 Å². The number of hydrogen-bond donors (Lipinski definition) is 2. The highest BCUT2D eigenvalue weighted by Crippen LogP contribution is 2.20. The number of halogens is 1. The van der Waals surface area contributed by atoms with Crippen LogP contribution in [0.5, 0.6) is 0 Å². The number of carbonyl (C=O) groups excluding carboxylic acids is 2. The van der Waals surface area contributed by atoms with Gasteiger partial charge in [0.05, 0.1) is 6.26 Å². The molecular formula is C18H22FN3O5S. The second-order valence-corrected chi connectivity index (χ2v) is 7.63. The molecule has 0 fully saturated rings. The summed E-state index contributed by atoms with van der Waals surface area (Å²) in [5.74, 6) is -1.78. The van der Waals surface area contributed by atoms with Crippen LogP contribution < -0.4 is 10.6 Å². The van der Waals surface area contributed by atoms with Gasteiger partial charge in [-0.2, -0.15) is 4.31 Å². The van der Waals surface area contributed by atoms with E-state index in [4.69, 9.17) is 4.42 Å². The zero-order chi connectivity index (χ0) is 20.7. The van der Waals surface area contributed by atoms with Crippen LogP contribution in [-0.4, -0.2) is 50.7 Å². The quantitative estimate of drug-likeness (QED) is 0.610. The van der Waals surface area contributed by atoms with Crippen molar-refractivity contribution < 1.29 is 26.8 Å². The van der Waals surface area contributed by atoms with Crippen molar-refractivity contribution in [3.05, 3.63) is 53.7 Å². The van der Waals surface area contributed by atoms with Gasteiger partial charge in [0.1, 0.15) is 10.7 Å². The summed E-state index contributed by atoms with van der Waals surface area (Å²) in [7, 11) is -4.04. The van der Waals surface area contributed by atoms with E-state index in [2.05, 4.69) is 10.6 Å². The Hall–Kier alpha value is -2.72. The summed E-state index contributed by atoms with van der Waals surface area (Å²) in [6, 6.07) is 6.25. The van der Waals surface area contributed by atoms with Crippen LogP contribution in [0.1, 0.15) is 34.8 Å². The highest BCUT2D eigenvalue weighted by Gasteiger charge is 2.26. The maximum atomic E-state index is 14.1. The molecule has 2 rings (SSSR count). The van der Waals surface area contributed by atoms with Crippen molar-refractivity contribution >= 4 is 21.8 Å². The fourth-order valence-electron chi connectivity index (χ4n) is 2.49. The van der Waals surface area contributed by atoms with E-state index in [0.717, 1.165) is 16.4 Å². The molecule has 0 atom stereocenters. The van der Waals surface area contributed by atoms with E-state index in [0.29, 0.717) is 0 Å². The number of hydrogen-bond acceptors (Lipinski definition) is 5. The van der Waals surface area contributed by atoms with Gasteiger partial charge in [0, 0.05) is 31.7 Å². The topological polar surface area (TPSA) is 109 Å². The maximum absolute atomic E-state index is 14.1. The summed E-state index contributed by atoms with van der Waals surface area (Å²) < 4.78 is 45.2. The summed E-state index contributed by atoms with van der Waals surface area (Å²) in [5.41, 5.74) is 0.00416. The van der Waals surface area contributed by atoms with Crippen LogP contribution in [0.4, 0.5) is 4.39 Å². The van der Waals surface area contributed by atoms with E-state index < -0.39 is 32.6 Å². The van der Waals surface area contributed by atoms with Gasteiger partial charge in [-0.3, -0.25) is 9.59 Å². The molecule has 1 aromatic heterocycles. The van der Waals surface area contributed by atoms with Crippen LogP contribution in [0.2, 0.25) is 0 Å². The predicted octanol–water partition coefficient (Wildman–Crippen LogP) is 1.61. The Morgan fingerprint density at radius 2 is 1.71 bits per heavy atom. The largest absolute Gasteiger partial charge is 0.459 e. The lowest BCUT2D eigenvalue weighted by atomic mass is 10.2. The van der Waals surface area contributed by atoms with Crippen LogP contribution in [-0.2, 0) is 10.0 Å². The average Bonchev–Trinajstić information content (AvgIpc) is 3.20. The Labute approximate surface area is 162 Å². The van der Waals surface area contributed by atoms with Gasteiger partial charge in [0.15, 0.2) is 5.76 Å². The number of rotatable bonds is 9. The minimum Gasteiger partial charge on any atom is -0.459 e. The third-order valence-corrected chi connectivity index (χ3v) is 6.02. The molecular weight excluding hydrogens is 389 g/mol. The van der Waals surface area contributed by atoms with Gasteiger partial charge in [0.25, 0.3) is 11.8 Å². The molecule has 2 amide bonds. The van der Waals surface area contributed by atoms with Gasteiger partial charge in [-0.15, -0.1) is 0 Å². The molecule has 0 radical (unpaired) electrons. The molecule has 0 aliphatic heterocycles. The smallest absolute Gasteiger partial charge is 0.287 e. The zero-order valence-corrected chi connectivity index (χ0v) is 16.4. The molecule has 0 unspecified atom stereocenters. The van der Waals surface area contributed by atoms with Crippen molar-refractivity contribution in [3.8, 4) is 0 Å². The molecule has 8 nitrogen and oxygen atoms in total. The van der Waals surface area contributed by atoms with E-state index >= 15 is 0 Å². The van der Waals surface area contributed by atoms with Gasteiger partial charge in [-0.05, 0) is 30.3 Å². The average molecular weight is 411 g/mol. The summed E-state index contributed by atoms with van der Waals surface area (Å²) in [5, 5.41) is 5.10. The third-order valence-electron chi connectivity index (χ3n) is 3.96. The monoisotopic (exact) mass is 411 g/mol. The molecule has 2 aromatic rings. The Bertz CT molecular complexity index is 925. The SMILES string of the molecule is CCN(CC)S(=O)(=O)c1cc(C(=O)NCCNC(=O)c2ccco2)ccc1F. The summed E-state index contributed by atoms with van der Waals surface area (Å²) >= 11 is 0. The van der Waals surface area contributed by atoms with Crippen LogP contribution >= 0.6 is 0 Å². The molecule has 28 heavy (non-hydrogen) atoms. The number of nitrogens with one attached hydrogen (secondary N) is 2. The van der Waals surface area contributed by atoms with Crippen molar-refractivity contribution in [2.24, 2.45) is 0 Å². The molecule has 0 bridgehead atoms.